The number of hydrogen-bond donors (Lipinski definition) is 2. The first-order valence-corrected chi connectivity index (χ1v) is 12.2. The van der Waals surface area contributed by atoms with Crippen LogP contribution in [0.5, 0.6) is 0 Å². The fourth-order valence-electron chi connectivity index (χ4n) is 4.00. The monoisotopic (exact) mass is 469 g/mol. The summed E-state index contributed by atoms with van der Waals surface area (Å²) < 4.78 is 23.8. The number of benzene rings is 2. The number of carbonyl (C=O) groups is 4. The molecular formula is C23H23N3O6S. The number of nitrogens with zero attached hydrogens (tertiary/aromatic N) is 1. The number of hydrogen-bond acceptors (Lipinski definition) is 6. The Labute approximate surface area is 191 Å². The van der Waals surface area contributed by atoms with Crippen LogP contribution in [-0.4, -0.2) is 48.7 Å². The molecule has 4 rings (SSSR count). The average molecular weight is 470 g/mol. The summed E-state index contributed by atoms with van der Waals surface area (Å²) in [6, 6.07) is 10.3. The summed E-state index contributed by atoms with van der Waals surface area (Å²) in [6.07, 6.45) is 0.491. The van der Waals surface area contributed by atoms with Crippen molar-refractivity contribution in [2.24, 2.45) is 0 Å². The molecule has 0 bridgehead atoms. The van der Waals surface area contributed by atoms with Gasteiger partial charge in [-0.2, -0.15) is 0 Å². The molecule has 0 aliphatic carbocycles. The molecule has 2 aromatic rings. The lowest BCUT2D eigenvalue weighted by Crippen LogP contribution is -2.52. The molecule has 10 heteroatoms. The van der Waals surface area contributed by atoms with Crippen LogP contribution in [0.1, 0.15) is 51.6 Å². The van der Waals surface area contributed by atoms with Crippen LogP contribution in [-0.2, 0) is 32.5 Å². The van der Waals surface area contributed by atoms with Gasteiger partial charge in [0.05, 0.1) is 10.6 Å². The Morgan fingerprint density at radius 3 is 2.52 bits per heavy atom. The standard InChI is InChI=1S/C23H23N3O6S/c1-2-33(31,32)17-6-4-15(5-7-17)21(28)24-12-14-3-8-18-16(11-14)13-26(23(18)30)19-9-10-20(27)25-22(19)29/h3-8,11,19H,2,9-10,12-13H2,1H3,(H,24,28)(H,25,27,29). The number of amides is 4. The molecule has 9 nitrogen and oxygen atoms in total. The normalized spacial score (nSPS) is 18.2. The van der Waals surface area contributed by atoms with E-state index >= 15 is 0 Å². The van der Waals surface area contributed by atoms with E-state index in [2.05, 4.69) is 10.6 Å². The van der Waals surface area contributed by atoms with E-state index in [-0.39, 0.29) is 47.9 Å². The highest BCUT2D eigenvalue weighted by Gasteiger charge is 2.39. The van der Waals surface area contributed by atoms with Crippen LogP contribution < -0.4 is 10.6 Å². The SMILES string of the molecule is CCS(=O)(=O)c1ccc(C(=O)NCc2ccc3c(c2)CN(C2CCC(=O)NC2=O)C3=O)cc1. The summed E-state index contributed by atoms with van der Waals surface area (Å²) in [5.41, 5.74) is 2.38. The van der Waals surface area contributed by atoms with Crippen LogP contribution >= 0.6 is 0 Å². The first-order valence-electron chi connectivity index (χ1n) is 10.6. The molecule has 1 atom stereocenters. The molecule has 2 aliphatic rings. The van der Waals surface area contributed by atoms with Crippen molar-refractivity contribution in [2.75, 3.05) is 5.75 Å². The second-order valence-electron chi connectivity index (χ2n) is 8.00. The lowest BCUT2D eigenvalue weighted by molar-refractivity contribution is -0.136. The molecule has 0 aromatic heterocycles. The van der Waals surface area contributed by atoms with Crippen LogP contribution in [0.4, 0.5) is 0 Å². The van der Waals surface area contributed by atoms with E-state index in [1.54, 1.807) is 19.1 Å². The van der Waals surface area contributed by atoms with Gasteiger partial charge in [0.2, 0.25) is 11.8 Å². The van der Waals surface area contributed by atoms with Crippen molar-refractivity contribution in [3.8, 4) is 0 Å². The van der Waals surface area contributed by atoms with E-state index in [0.29, 0.717) is 17.5 Å². The van der Waals surface area contributed by atoms with E-state index < -0.39 is 21.8 Å². The van der Waals surface area contributed by atoms with E-state index in [9.17, 15) is 27.6 Å². The number of fused-ring (bicyclic) bond motifs is 1. The molecule has 2 heterocycles. The zero-order valence-electron chi connectivity index (χ0n) is 18.0. The zero-order chi connectivity index (χ0) is 23.8. The highest BCUT2D eigenvalue weighted by molar-refractivity contribution is 7.91. The van der Waals surface area contributed by atoms with Crippen molar-refractivity contribution in [1.82, 2.24) is 15.5 Å². The quantitative estimate of drug-likeness (QED) is 0.611. The second-order valence-corrected chi connectivity index (χ2v) is 10.3. The molecule has 4 amide bonds. The maximum Gasteiger partial charge on any atom is 0.255 e. The number of nitrogens with one attached hydrogen (secondary N) is 2. The third-order valence-electron chi connectivity index (χ3n) is 5.90. The highest BCUT2D eigenvalue weighted by atomic mass is 32.2. The number of sulfone groups is 1. The third-order valence-corrected chi connectivity index (χ3v) is 7.65. The molecule has 2 aromatic carbocycles. The van der Waals surface area contributed by atoms with E-state index in [1.807, 2.05) is 6.07 Å². The molecule has 172 valence electrons. The molecule has 1 saturated heterocycles. The van der Waals surface area contributed by atoms with Crippen LogP contribution in [0.2, 0.25) is 0 Å². The van der Waals surface area contributed by atoms with Gasteiger partial charge in [-0.25, -0.2) is 8.42 Å². The molecule has 1 fully saturated rings. The van der Waals surface area contributed by atoms with Crippen molar-refractivity contribution in [3.63, 3.8) is 0 Å². The molecule has 2 N–H and O–H groups in total. The van der Waals surface area contributed by atoms with Gasteiger partial charge in [-0.1, -0.05) is 19.1 Å². The van der Waals surface area contributed by atoms with Gasteiger partial charge in [-0.15, -0.1) is 0 Å². The summed E-state index contributed by atoms with van der Waals surface area (Å²) in [5, 5.41) is 5.06. The number of carbonyl (C=O) groups excluding carboxylic acids is 4. The molecule has 33 heavy (non-hydrogen) atoms. The minimum atomic E-state index is -3.33. The van der Waals surface area contributed by atoms with Gasteiger partial charge in [0.1, 0.15) is 6.04 Å². The number of rotatable bonds is 6. The van der Waals surface area contributed by atoms with E-state index in [0.717, 1.165) is 11.1 Å². The van der Waals surface area contributed by atoms with Crippen molar-refractivity contribution in [2.45, 2.75) is 43.8 Å². The molecule has 1 unspecified atom stereocenters. The topological polar surface area (TPSA) is 130 Å². The highest BCUT2D eigenvalue weighted by Crippen LogP contribution is 2.28. The Bertz CT molecular complexity index is 1250. The van der Waals surface area contributed by atoms with Crippen LogP contribution in [0, 0.1) is 0 Å². The predicted octanol–water partition coefficient (Wildman–Crippen LogP) is 1.17. The second kappa shape index (κ2) is 8.78. The van der Waals surface area contributed by atoms with Crippen molar-refractivity contribution >= 4 is 33.5 Å². The van der Waals surface area contributed by atoms with Gasteiger partial charge in [0, 0.05) is 30.6 Å². The van der Waals surface area contributed by atoms with Gasteiger partial charge in [-0.3, -0.25) is 24.5 Å². The van der Waals surface area contributed by atoms with Crippen LogP contribution in [0.3, 0.4) is 0 Å². The Morgan fingerprint density at radius 2 is 1.85 bits per heavy atom. The molecule has 0 radical (unpaired) electrons. The van der Waals surface area contributed by atoms with Gasteiger partial charge in [-0.05, 0) is 47.9 Å². The minimum absolute atomic E-state index is 0.0135. The van der Waals surface area contributed by atoms with Crippen LogP contribution in [0.15, 0.2) is 47.4 Å². The summed E-state index contributed by atoms with van der Waals surface area (Å²) >= 11 is 0. The molecule has 0 spiro atoms. The van der Waals surface area contributed by atoms with Crippen molar-refractivity contribution in [3.05, 3.63) is 64.7 Å². The molecule has 0 saturated carbocycles. The fourth-order valence-corrected chi connectivity index (χ4v) is 4.89. The van der Waals surface area contributed by atoms with Crippen molar-refractivity contribution in [1.29, 1.82) is 0 Å². The van der Waals surface area contributed by atoms with Gasteiger partial charge in [0.15, 0.2) is 9.84 Å². The summed E-state index contributed by atoms with van der Waals surface area (Å²) in [4.78, 5) is 50.4. The van der Waals surface area contributed by atoms with E-state index in [4.69, 9.17) is 0 Å². The lowest BCUT2D eigenvalue weighted by Gasteiger charge is -2.29. The Morgan fingerprint density at radius 1 is 1.12 bits per heavy atom. The largest absolute Gasteiger partial charge is 0.348 e. The van der Waals surface area contributed by atoms with E-state index in [1.165, 1.54) is 29.2 Å². The average Bonchev–Trinajstić information content (AvgIpc) is 3.13. The summed E-state index contributed by atoms with van der Waals surface area (Å²) in [5.74, 6) is -1.41. The summed E-state index contributed by atoms with van der Waals surface area (Å²) in [7, 11) is -3.33. The zero-order valence-corrected chi connectivity index (χ0v) is 18.8. The van der Waals surface area contributed by atoms with Gasteiger partial charge >= 0.3 is 0 Å². The smallest absolute Gasteiger partial charge is 0.255 e. The lowest BCUT2D eigenvalue weighted by atomic mass is 10.0. The summed E-state index contributed by atoms with van der Waals surface area (Å²) in [6.45, 7) is 2.04. The Kier molecular flexibility index (Phi) is 6.03. The first kappa shape index (κ1) is 22.7. The number of imide groups is 1. The molecular weight excluding hydrogens is 446 g/mol. The molecule has 2 aliphatic heterocycles. The Hall–Kier alpha value is -3.53. The first-order chi connectivity index (χ1) is 15.7. The predicted molar refractivity (Wildman–Crippen MR) is 118 cm³/mol. The fraction of sp³-hybridized carbons (Fsp3) is 0.304. The maximum atomic E-state index is 12.8. The van der Waals surface area contributed by atoms with Crippen LogP contribution in [0.25, 0.3) is 0 Å². The van der Waals surface area contributed by atoms with Crippen molar-refractivity contribution < 1.29 is 27.6 Å². The minimum Gasteiger partial charge on any atom is -0.348 e. The third kappa shape index (κ3) is 4.51. The Balaban J connectivity index is 1.41. The number of piperidine rings is 1. The maximum absolute atomic E-state index is 12.8. The van der Waals surface area contributed by atoms with Gasteiger partial charge < -0.3 is 10.2 Å². The van der Waals surface area contributed by atoms with Gasteiger partial charge in [0.25, 0.3) is 11.8 Å².